The molecule has 0 aliphatic heterocycles. The van der Waals surface area contributed by atoms with Crippen LogP contribution < -0.4 is 24.4 Å². The third kappa shape index (κ3) is 7.09. The molecule has 8 nitrogen and oxygen atoms in total. The van der Waals surface area contributed by atoms with Crippen molar-refractivity contribution in [2.45, 2.75) is 26.7 Å². The van der Waals surface area contributed by atoms with E-state index in [1.54, 1.807) is 42.5 Å². The van der Waals surface area contributed by atoms with Gasteiger partial charge in [0.25, 0.3) is 5.91 Å². The topological polar surface area (TPSA) is 95.5 Å². The highest BCUT2D eigenvalue weighted by Gasteiger charge is 2.13. The van der Waals surface area contributed by atoms with Crippen molar-refractivity contribution in [2.75, 3.05) is 20.8 Å². The first-order valence-electron chi connectivity index (χ1n) is 11.4. The van der Waals surface area contributed by atoms with Gasteiger partial charge in [0.15, 0.2) is 18.1 Å². The predicted molar refractivity (Wildman–Crippen MR) is 137 cm³/mol. The first-order chi connectivity index (χ1) is 17.3. The van der Waals surface area contributed by atoms with Gasteiger partial charge in [0.2, 0.25) is 0 Å². The number of aryl methyl sites for hydroxylation is 1. The monoisotopic (exact) mass is 490 g/mol. The van der Waals surface area contributed by atoms with Crippen LogP contribution >= 0.6 is 0 Å². The Hall–Kier alpha value is -4.33. The van der Waals surface area contributed by atoms with E-state index in [9.17, 15) is 9.59 Å². The summed E-state index contributed by atoms with van der Waals surface area (Å²) in [5.74, 6) is 1.46. The normalized spacial score (nSPS) is 10.8. The minimum absolute atomic E-state index is 0.148. The number of hydrogen-bond donors (Lipinski definition) is 1. The van der Waals surface area contributed by atoms with Crippen molar-refractivity contribution < 1.29 is 28.5 Å². The van der Waals surface area contributed by atoms with Crippen LogP contribution in [0.15, 0.2) is 65.8 Å². The van der Waals surface area contributed by atoms with Gasteiger partial charge in [0.05, 0.1) is 26.0 Å². The minimum atomic E-state index is -0.529. The molecule has 0 aromatic heterocycles. The molecular formula is C28H30N2O6. The minimum Gasteiger partial charge on any atom is -0.493 e. The van der Waals surface area contributed by atoms with Gasteiger partial charge in [-0.1, -0.05) is 26.0 Å². The molecule has 1 amide bonds. The summed E-state index contributed by atoms with van der Waals surface area (Å²) in [6.45, 7) is 5.99. The summed E-state index contributed by atoms with van der Waals surface area (Å²) in [7, 11) is 3.02. The van der Waals surface area contributed by atoms with E-state index in [-0.39, 0.29) is 12.5 Å². The highest BCUT2D eigenvalue weighted by atomic mass is 16.5. The molecule has 3 aromatic rings. The lowest BCUT2D eigenvalue weighted by Gasteiger charge is -2.12. The maximum atomic E-state index is 12.4. The average molecular weight is 491 g/mol. The van der Waals surface area contributed by atoms with E-state index in [1.165, 1.54) is 20.4 Å². The number of benzene rings is 3. The number of amides is 1. The van der Waals surface area contributed by atoms with E-state index in [4.69, 9.17) is 18.9 Å². The number of ether oxygens (including phenoxy) is 4. The van der Waals surface area contributed by atoms with Crippen molar-refractivity contribution in [3.8, 4) is 23.0 Å². The molecular weight excluding hydrogens is 460 g/mol. The molecule has 0 saturated carbocycles. The fraction of sp³-hybridized carbons (Fsp3) is 0.250. The van der Waals surface area contributed by atoms with Crippen molar-refractivity contribution in [1.29, 1.82) is 0 Å². The second kappa shape index (κ2) is 12.4. The van der Waals surface area contributed by atoms with Crippen LogP contribution in [0.1, 0.15) is 46.8 Å². The number of carbonyl (C=O) groups excluding carboxylic acids is 2. The third-order valence-corrected chi connectivity index (χ3v) is 5.35. The summed E-state index contributed by atoms with van der Waals surface area (Å²) in [4.78, 5) is 24.6. The van der Waals surface area contributed by atoms with E-state index in [2.05, 4.69) is 30.4 Å². The zero-order chi connectivity index (χ0) is 26.1. The van der Waals surface area contributed by atoms with E-state index in [0.717, 1.165) is 11.1 Å². The molecule has 3 aromatic carbocycles. The van der Waals surface area contributed by atoms with Gasteiger partial charge < -0.3 is 18.9 Å². The number of rotatable bonds is 10. The number of nitrogens with one attached hydrogen (secondary N) is 1. The van der Waals surface area contributed by atoms with Crippen LogP contribution in [0.3, 0.4) is 0 Å². The standard InChI is InChI=1S/C28H30N2O6/c1-18(2)21-9-6-19(3)25(14-21)35-17-27(31)30-29-16-20-7-11-23(12-8-20)36-28(32)22-10-13-24(33-4)26(15-22)34-5/h6-16,18H,17H2,1-5H3,(H,30,31)/b29-16+. The Morgan fingerprint density at radius 3 is 2.31 bits per heavy atom. The fourth-order valence-corrected chi connectivity index (χ4v) is 3.24. The Labute approximate surface area is 210 Å². The van der Waals surface area contributed by atoms with Crippen molar-refractivity contribution >= 4 is 18.1 Å². The smallest absolute Gasteiger partial charge is 0.343 e. The first kappa shape index (κ1) is 26.3. The summed E-state index contributed by atoms with van der Waals surface area (Å²) in [6, 6.07) is 17.5. The Morgan fingerprint density at radius 2 is 1.64 bits per heavy atom. The number of nitrogens with zero attached hydrogens (tertiary/aromatic N) is 1. The third-order valence-electron chi connectivity index (χ3n) is 5.35. The molecule has 0 bridgehead atoms. The predicted octanol–water partition coefficient (Wildman–Crippen LogP) is 4.88. The molecule has 0 atom stereocenters. The highest BCUT2D eigenvalue weighted by molar-refractivity contribution is 5.92. The van der Waals surface area contributed by atoms with Crippen LogP contribution in [0, 0.1) is 6.92 Å². The van der Waals surface area contributed by atoms with E-state index in [1.807, 2.05) is 19.1 Å². The molecule has 0 aliphatic carbocycles. The van der Waals surface area contributed by atoms with Crippen molar-refractivity contribution in [3.63, 3.8) is 0 Å². The fourth-order valence-electron chi connectivity index (χ4n) is 3.24. The molecule has 0 heterocycles. The van der Waals surface area contributed by atoms with Crippen molar-refractivity contribution in [3.05, 3.63) is 82.9 Å². The Balaban J connectivity index is 1.51. The SMILES string of the molecule is COc1ccc(C(=O)Oc2ccc(/C=N/NC(=O)COc3cc(C(C)C)ccc3C)cc2)cc1OC. The number of hydrazone groups is 1. The average Bonchev–Trinajstić information content (AvgIpc) is 2.88. The zero-order valence-electron chi connectivity index (χ0n) is 21.0. The summed E-state index contributed by atoms with van der Waals surface area (Å²) >= 11 is 0. The van der Waals surface area contributed by atoms with Crippen LogP contribution in [0.25, 0.3) is 0 Å². The molecule has 3 rings (SSSR count). The first-order valence-corrected chi connectivity index (χ1v) is 11.4. The molecule has 0 radical (unpaired) electrons. The molecule has 0 unspecified atom stereocenters. The Bertz CT molecular complexity index is 1240. The molecule has 0 spiro atoms. The van der Waals surface area contributed by atoms with Gasteiger partial charge >= 0.3 is 5.97 Å². The number of carbonyl (C=O) groups is 2. The molecule has 36 heavy (non-hydrogen) atoms. The molecule has 8 heteroatoms. The van der Waals surface area contributed by atoms with Crippen molar-refractivity contribution in [2.24, 2.45) is 5.10 Å². The Kier molecular flexibility index (Phi) is 9.05. The van der Waals surface area contributed by atoms with E-state index < -0.39 is 5.97 Å². The quantitative estimate of drug-likeness (QED) is 0.188. The van der Waals surface area contributed by atoms with E-state index >= 15 is 0 Å². The summed E-state index contributed by atoms with van der Waals surface area (Å²) < 4.78 is 21.5. The van der Waals surface area contributed by atoms with Crippen LogP contribution in [0.5, 0.6) is 23.0 Å². The Morgan fingerprint density at radius 1 is 0.917 bits per heavy atom. The summed E-state index contributed by atoms with van der Waals surface area (Å²) in [5, 5.41) is 3.96. The van der Waals surface area contributed by atoms with Crippen LogP contribution in [-0.2, 0) is 4.79 Å². The lowest BCUT2D eigenvalue weighted by molar-refractivity contribution is -0.123. The number of methoxy groups -OCH3 is 2. The van der Waals surface area contributed by atoms with Gasteiger partial charge in [-0.25, -0.2) is 10.2 Å². The van der Waals surface area contributed by atoms with Crippen LogP contribution in [-0.4, -0.2) is 38.9 Å². The lowest BCUT2D eigenvalue weighted by Crippen LogP contribution is -2.24. The number of hydrogen-bond acceptors (Lipinski definition) is 7. The molecule has 0 aliphatic rings. The zero-order valence-corrected chi connectivity index (χ0v) is 21.0. The lowest BCUT2D eigenvalue weighted by atomic mass is 10.0. The van der Waals surface area contributed by atoms with Gasteiger partial charge in [-0.05, 0) is 78.1 Å². The van der Waals surface area contributed by atoms with Crippen LogP contribution in [0.2, 0.25) is 0 Å². The van der Waals surface area contributed by atoms with Gasteiger partial charge in [-0.2, -0.15) is 5.10 Å². The summed E-state index contributed by atoms with van der Waals surface area (Å²) in [5.41, 5.74) is 5.59. The number of esters is 1. The van der Waals surface area contributed by atoms with E-state index in [0.29, 0.717) is 40.0 Å². The second-order valence-corrected chi connectivity index (χ2v) is 8.29. The van der Waals surface area contributed by atoms with Crippen molar-refractivity contribution in [1.82, 2.24) is 5.43 Å². The maximum Gasteiger partial charge on any atom is 0.343 e. The maximum absolute atomic E-state index is 12.4. The van der Waals surface area contributed by atoms with Gasteiger partial charge in [-0.15, -0.1) is 0 Å². The van der Waals surface area contributed by atoms with Gasteiger partial charge in [-0.3, -0.25) is 4.79 Å². The van der Waals surface area contributed by atoms with Gasteiger partial charge in [0, 0.05) is 0 Å². The summed E-state index contributed by atoms with van der Waals surface area (Å²) in [6.07, 6.45) is 1.49. The second-order valence-electron chi connectivity index (χ2n) is 8.29. The molecule has 0 saturated heterocycles. The molecule has 188 valence electrons. The van der Waals surface area contributed by atoms with Gasteiger partial charge in [0.1, 0.15) is 11.5 Å². The van der Waals surface area contributed by atoms with Crippen LogP contribution in [0.4, 0.5) is 0 Å². The highest BCUT2D eigenvalue weighted by Crippen LogP contribution is 2.28. The molecule has 1 N–H and O–H groups in total. The molecule has 0 fully saturated rings. The largest absolute Gasteiger partial charge is 0.493 e.